The van der Waals surface area contributed by atoms with Crippen molar-refractivity contribution < 1.29 is 38.5 Å². The molecule has 2 N–H and O–H groups in total. The zero-order chi connectivity index (χ0) is 34.1. The van der Waals surface area contributed by atoms with Crippen LogP contribution in [0.15, 0.2) is 18.2 Å². The van der Waals surface area contributed by atoms with Crippen LogP contribution in [-0.2, 0) is 23.9 Å². The molecule has 0 bridgehead atoms. The van der Waals surface area contributed by atoms with E-state index in [1.54, 1.807) is 69.7 Å². The topological polar surface area (TPSA) is 138 Å². The zero-order valence-corrected chi connectivity index (χ0v) is 28.8. The molecule has 1 aromatic rings. The smallest absolute Gasteiger partial charge is 0.410 e. The van der Waals surface area contributed by atoms with E-state index in [0.717, 1.165) is 12.8 Å². The molecule has 2 heterocycles. The van der Waals surface area contributed by atoms with Gasteiger partial charge in [-0.05, 0) is 84.9 Å². The van der Waals surface area contributed by atoms with Crippen LogP contribution in [0.5, 0.6) is 5.75 Å². The quantitative estimate of drug-likeness (QED) is 0.368. The molecule has 3 unspecified atom stereocenters. The van der Waals surface area contributed by atoms with E-state index in [4.69, 9.17) is 14.2 Å². The van der Waals surface area contributed by atoms with Gasteiger partial charge >= 0.3 is 6.09 Å². The molecule has 1 saturated heterocycles. The van der Waals surface area contributed by atoms with E-state index in [0.29, 0.717) is 36.7 Å². The zero-order valence-electron chi connectivity index (χ0n) is 28.8. The first-order valence-corrected chi connectivity index (χ1v) is 16.4. The van der Waals surface area contributed by atoms with E-state index in [9.17, 15) is 24.3 Å². The summed E-state index contributed by atoms with van der Waals surface area (Å²) in [4.78, 5) is 59.4. The average Bonchev–Trinajstić information content (AvgIpc) is 3.79. The van der Waals surface area contributed by atoms with Gasteiger partial charge in [-0.25, -0.2) is 4.79 Å². The average molecular weight is 645 g/mol. The van der Waals surface area contributed by atoms with Gasteiger partial charge in [-0.1, -0.05) is 13.8 Å². The number of rotatable bonds is 10. The molecule has 2 fully saturated rings. The fraction of sp³-hybridized carbons (Fsp3) is 0.706. The second-order valence-electron chi connectivity index (χ2n) is 14.6. The van der Waals surface area contributed by atoms with E-state index in [1.165, 1.54) is 4.90 Å². The summed E-state index contributed by atoms with van der Waals surface area (Å²) in [5.41, 5.74) is -0.748. The Balaban J connectivity index is 1.69. The van der Waals surface area contributed by atoms with E-state index < -0.39 is 47.0 Å². The maximum absolute atomic E-state index is 14.5. The highest BCUT2D eigenvalue weighted by Gasteiger charge is 2.49. The van der Waals surface area contributed by atoms with Crippen LogP contribution >= 0.6 is 0 Å². The lowest BCUT2D eigenvalue weighted by Crippen LogP contribution is -2.61. The van der Waals surface area contributed by atoms with Crippen molar-refractivity contribution in [2.75, 3.05) is 43.2 Å². The van der Waals surface area contributed by atoms with Gasteiger partial charge in [0.15, 0.2) is 5.60 Å². The van der Waals surface area contributed by atoms with E-state index in [-0.39, 0.29) is 37.0 Å². The summed E-state index contributed by atoms with van der Waals surface area (Å²) >= 11 is 0. The van der Waals surface area contributed by atoms with Gasteiger partial charge in [-0.15, -0.1) is 0 Å². The fourth-order valence-corrected chi connectivity index (χ4v) is 5.81. The maximum Gasteiger partial charge on any atom is 0.410 e. The molecule has 4 rings (SSSR count). The lowest BCUT2D eigenvalue weighted by atomic mass is 9.84. The molecular weight excluding hydrogens is 592 g/mol. The number of anilines is 2. The number of benzene rings is 1. The van der Waals surface area contributed by atoms with Crippen LogP contribution in [0.1, 0.15) is 74.7 Å². The van der Waals surface area contributed by atoms with E-state index in [1.807, 2.05) is 20.8 Å². The van der Waals surface area contributed by atoms with Crippen molar-refractivity contribution in [1.82, 2.24) is 10.2 Å². The van der Waals surface area contributed by atoms with E-state index >= 15 is 0 Å². The molecule has 0 radical (unpaired) electrons. The van der Waals surface area contributed by atoms with Gasteiger partial charge in [0, 0.05) is 51.1 Å². The van der Waals surface area contributed by atoms with Crippen molar-refractivity contribution in [3.63, 3.8) is 0 Å². The third-order valence-electron chi connectivity index (χ3n) is 8.85. The SMILES string of the molecule is COCCCN1C(=O)C(C)(C)Oc2ccc(N(C(=O)C3CN(C(=O)OC(C)(C)C)C[C@@H](C(=O)NC(C)C(C)C)C3O)C3CC3)cc21. The Morgan fingerprint density at radius 2 is 1.78 bits per heavy atom. The van der Waals surface area contributed by atoms with Crippen molar-refractivity contribution in [2.45, 2.75) is 104 Å². The Kier molecular flexibility index (Phi) is 10.6. The Morgan fingerprint density at radius 1 is 1.13 bits per heavy atom. The van der Waals surface area contributed by atoms with Crippen LogP contribution < -0.4 is 19.9 Å². The molecule has 4 atom stereocenters. The number of carbonyl (C=O) groups excluding carboxylic acids is 4. The van der Waals surface area contributed by atoms with Gasteiger partial charge in [0.25, 0.3) is 5.91 Å². The monoisotopic (exact) mass is 644 g/mol. The Hall–Kier alpha value is -3.38. The summed E-state index contributed by atoms with van der Waals surface area (Å²) in [6.07, 6.45) is 0.152. The standard InChI is InChI=1S/C34H52N4O8/c1-20(2)21(3)35-29(40)24-18-36(32(43)46-33(4,5)6)19-25(28(24)39)30(41)38(22-11-12-22)23-13-14-27-26(17-23)37(15-10-16-44-9)31(42)34(7,8)45-27/h13-14,17,20-22,24-25,28,39H,10-12,15-16,18-19H2,1-9H3,(H,35,40)/t21?,24-,25?,28?/m1/s1. The Bertz CT molecular complexity index is 1300. The molecule has 256 valence electrons. The fourth-order valence-electron chi connectivity index (χ4n) is 5.81. The van der Waals surface area contributed by atoms with Gasteiger partial charge in [0.05, 0.1) is 23.6 Å². The van der Waals surface area contributed by atoms with Gasteiger partial charge in [-0.2, -0.15) is 0 Å². The number of likely N-dealkylation sites (tertiary alicyclic amines) is 1. The number of piperidine rings is 1. The number of ether oxygens (including phenoxy) is 3. The number of hydrogen-bond acceptors (Lipinski definition) is 8. The largest absolute Gasteiger partial charge is 0.476 e. The predicted octanol–water partition coefficient (Wildman–Crippen LogP) is 3.73. The van der Waals surface area contributed by atoms with Crippen LogP contribution in [-0.4, -0.2) is 96.6 Å². The van der Waals surface area contributed by atoms with E-state index in [2.05, 4.69) is 5.32 Å². The highest BCUT2D eigenvalue weighted by atomic mass is 16.6. The first-order valence-electron chi connectivity index (χ1n) is 16.4. The van der Waals surface area contributed by atoms with Crippen molar-refractivity contribution in [1.29, 1.82) is 0 Å². The maximum atomic E-state index is 14.5. The van der Waals surface area contributed by atoms with Crippen molar-refractivity contribution in [2.24, 2.45) is 17.8 Å². The molecule has 0 spiro atoms. The number of fused-ring (bicyclic) bond motifs is 1. The lowest BCUT2D eigenvalue weighted by molar-refractivity contribution is -0.141. The van der Waals surface area contributed by atoms with Crippen LogP contribution in [0.25, 0.3) is 0 Å². The lowest BCUT2D eigenvalue weighted by Gasteiger charge is -2.42. The van der Waals surface area contributed by atoms with Gasteiger partial charge in [0.1, 0.15) is 11.4 Å². The second kappa shape index (κ2) is 13.8. The number of nitrogens with zero attached hydrogens (tertiary/aromatic N) is 3. The molecular formula is C34H52N4O8. The molecule has 1 saturated carbocycles. The molecule has 0 aromatic heterocycles. The molecule has 1 aromatic carbocycles. The first kappa shape index (κ1) is 35.5. The summed E-state index contributed by atoms with van der Waals surface area (Å²) in [6.45, 7) is 15.2. The summed E-state index contributed by atoms with van der Waals surface area (Å²) < 4.78 is 16.9. The molecule has 46 heavy (non-hydrogen) atoms. The van der Waals surface area contributed by atoms with Gasteiger partial charge in [0.2, 0.25) is 11.8 Å². The summed E-state index contributed by atoms with van der Waals surface area (Å²) in [7, 11) is 1.61. The highest BCUT2D eigenvalue weighted by Crippen LogP contribution is 2.43. The number of aliphatic hydroxyl groups is 1. The Morgan fingerprint density at radius 3 is 2.37 bits per heavy atom. The number of aliphatic hydroxyl groups excluding tert-OH is 1. The predicted molar refractivity (Wildman–Crippen MR) is 174 cm³/mol. The van der Waals surface area contributed by atoms with Crippen LogP contribution in [0.4, 0.5) is 16.2 Å². The van der Waals surface area contributed by atoms with Crippen molar-refractivity contribution in [3.05, 3.63) is 18.2 Å². The van der Waals surface area contributed by atoms with Crippen LogP contribution in [0.3, 0.4) is 0 Å². The normalized spacial score (nSPS) is 23.4. The highest BCUT2D eigenvalue weighted by molar-refractivity contribution is 6.04. The molecule has 3 aliphatic rings. The summed E-state index contributed by atoms with van der Waals surface area (Å²) in [5, 5.41) is 14.6. The second-order valence-corrected chi connectivity index (χ2v) is 14.6. The van der Waals surface area contributed by atoms with Crippen LogP contribution in [0, 0.1) is 17.8 Å². The first-order chi connectivity index (χ1) is 21.4. The summed E-state index contributed by atoms with van der Waals surface area (Å²) in [6, 6.07) is 5.02. The third kappa shape index (κ3) is 7.94. The molecule has 12 heteroatoms. The molecule has 4 amide bonds. The minimum atomic E-state index is -1.33. The number of amides is 4. The molecule has 2 aliphatic heterocycles. The number of carbonyl (C=O) groups is 4. The van der Waals surface area contributed by atoms with Gasteiger partial charge < -0.3 is 39.3 Å². The molecule has 12 nitrogen and oxygen atoms in total. The van der Waals surface area contributed by atoms with Gasteiger partial charge in [-0.3, -0.25) is 14.4 Å². The number of nitrogens with one attached hydrogen (secondary N) is 1. The van der Waals surface area contributed by atoms with Crippen molar-refractivity contribution >= 4 is 35.2 Å². The number of methoxy groups -OCH3 is 1. The van der Waals surface area contributed by atoms with Crippen molar-refractivity contribution in [3.8, 4) is 5.75 Å². The summed E-state index contributed by atoms with van der Waals surface area (Å²) in [5.74, 6) is -2.46. The minimum absolute atomic E-state index is 0.0789. The van der Waals surface area contributed by atoms with Crippen LogP contribution in [0.2, 0.25) is 0 Å². The molecule has 1 aliphatic carbocycles. The number of hydrogen-bond donors (Lipinski definition) is 2. The minimum Gasteiger partial charge on any atom is -0.476 e. The third-order valence-corrected chi connectivity index (χ3v) is 8.85. The Labute approximate surface area is 272 Å².